The van der Waals surface area contributed by atoms with Gasteiger partial charge in [-0.3, -0.25) is 4.98 Å². The highest BCUT2D eigenvalue weighted by molar-refractivity contribution is 5.57. The summed E-state index contributed by atoms with van der Waals surface area (Å²) in [5.74, 6) is -1.24. The second-order valence-electron chi connectivity index (χ2n) is 6.13. The summed E-state index contributed by atoms with van der Waals surface area (Å²) in [7, 11) is 0. The third-order valence-corrected chi connectivity index (χ3v) is 3.55. The number of nitrogens with zero attached hydrogens (tertiary/aromatic N) is 5. The zero-order chi connectivity index (χ0) is 24.4. The summed E-state index contributed by atoms with van der Waals surface area (Å²) >= 11 is 0. The molecule has 7 nitrogen and oxygen atoms in total. The van der Waals surface area contributed by atoms with Crippen molar-refractivity contribution < 1.29 is 44.3 Å². The highest BCUT2D eigenvalue weighted by Gasteiger charge is 2.34. The van der Waals surface area contributed by atoms with Crippen molar-refractivity contribution in [3.8, 4) is 17.5 Å². The van der Waals surface area contributed by atoms with Crippen molar-refractivity contribution in [3.63, 3.8) is 0 Å². The molecule has 16 heteroatoms. The molecule has 0 saturated carbocycles. The lowest BCUT2D eigenvalue weighted by atomic mass is 10.3. The summed E-state index contributed by atoms with van der Waals surface area (Å²) in [5.41, 5.74) is -3.41. The maximum atomic E-state index is 12.9. The maximum absolute atomic E-state index is 12.9. The first-order valence-electron chi connectivity index (χ1n) is 8.51. The molecule has 0 aliphatic heterocycles. The fourth-order valence-electron chi connectivity index (χ4n) is 2.25. The van der Waals surface area contributed by atoms with Gasteiger partial charge < -0.3 is 10.1 Å². The number of anilines is 2. The van der Waals surface area contributed by atoms with Crippen molar-refractivity contribution in [2.75, 3.05) is 11.9 Å². The highest BCUT2D eigenvalue weighted by atomic mass is 19.4. The van der Waals surface area contributed by atoms with E-state index in [1.807, 2.05) is 0 Å². The normalized spacial score (nSPS) is 12.5. The number of hydrogen-bond donors (Lipinski definition) is 1. The molecule has 0 atom stereocenters. The number of halogens is 9. The molecule has 0 aromatic carbocycles. The van der Waals surface area contributed by atoms with Crippen LogP contribution in [-0.2, 0) is 12.4 Å². The molecule has 3 aromatic heterocycles. The summed E-state index contributed by atoms with van der Waals surface area (Å²) in [6, 6.07) is 3.30. The van der Waals surface area contributed by atoms with Crippen LogP contribution < -0.4 is 10.1 Å². The van der Waals surface area contributed by atoms with Crippen LogP contribution in [0.15, 0.2) is 36.5 Å². The van der Waals surface area contributed by atoms with Gasteiger partial charge in [-0.1, -0.05) is 6.07 Å². The molecular formula is C17H9F9N6O. The molecule has 0 radical (unpaired) electrons. The lowest BCUT2D eigenvalue weighted by Crippen LogP contribution is -2.20. The average molecular weight is 484 g/mol. The van der Waals surface area contributed by atoms with Crippen LogP contribution in [0.3, 0.4) is 0 Å². The van der Waals surface area contributed by atoms with Gasteiger partial charge in [-0.25, -0.2) is 4.98 Å². The predicted molar refractivity (Wildman–Crippen MR) is 92.1 cm³/mol. The molecule has 33 heavy (non-hydrogen) atoms. The van der Waals surface area contributed by atoms with Gasteiger partial charge in [0.15, 0.2) is 12.4 Å². The van der Waals surface area contributed by atoms with Gasteiger partial charge in [0.25, 0.3) is 0 Å². The summed E-state index contributed by atoms with van der Waals surface area (Å²) in [4.78, 5) is 17.2. The van der Waals surface area contributed by atoms with Gasteiger partial charge in [0, 0.05) is 11.9 Å². The van der Waals surface area contributed by atoms with E-state index in [2.05, 4.69) is 35.0 Å². The quantitative estimate of drug-likeness (QED) is 0.508. The van der Waals surface area contributed by atoms with Crippen LogP contribution in [0.1, 0.15) is 11.4 Å². The average Bonchev–Trinajstić information content (AvgIpc) is 2.71. The van der Waals surface area contributed by atoms with E-state index in [1.54, 1.807) is 0 Å². The number of ether oxygens (including phenoxy) is 1. The molecule has 0 saturated heterocycles. The molecule has 3 heterocycles. The van der Waals surface area contributed by atoms with Crippen LogP contribution in [0.5, 0.6) is 6.01 Å². The summed E-state index contributed by atoms with van der Waals surface area (Å²) in [6.07, 6.45) is -13.7. The summed E-state index contributed by atoms with van der Waals surface area (Å²) in [6.45, 7) is -1.85. The van der Waals surface area contributed by atoms with E-state index in [0.29, 0.717) is 12.1 Å². The molecule has 0 spiro atoms. The third-order valence-electron chi connectivity index (χ3n) is 3.55. The van der Waals surface area contributed by atoms with Crippen LogP contribution in [0.25, 0.3) is 11.5 Å². The standard InChI is InChI=1S/C17H9F9N6O/c18-15(19,20)7-33-14-31-12(9-2-1-3-10(29-9)16(21,22)23)30-13(32-14)28-8-4-5-27-11(6-8)17(24,25)26/h1-6H,7H2,(H,27,28,30,31,32). The Morgan fingerprint density at radius 2 is 1.48 bits per heavy atom. The lowest BCUT2D eigenvalue weighted by Gasteiger charge is -2.12. The minimum atomic E-state index is -4.84. The van der Waals surface area contributed by atoms with Crippen LogP contribution in [0.2, 0.25) is 0 Å². The van der Waals surface area contributed by atoms with Crippen molar-refractivity contribution in [1.82, 2.24) is 24.9 Å². The molecule has 3 rings (SSSR count). The second-order valence-corrected chi connectivity index (χ2v) is 6.13. The highest BCUT2D eigenvalue weighted by Crippen LogP contribution is 2.31. The van der Waals surface area contributed by atoms with E-state index in [4.69, 9.17) is 0 Å². The number of nitrogens with one attached hydrogen (secondary N) is 1. The van der Waals surface area contributed by atoms with Crippen molar-refractivity contribution in [2.45, 2.75) is 18.5 Å². The second kappa shape index (κ2) is 8.67. The van der Waals surface area contributed by atoms with Crippen LogP contribution >= 0.6 is 0 Å². The monoisotopic (exact) mass is 484 g/mol. The number of rotatable bonds is 5. The predicted octanol–water partition coefficient (Wildman–Crippen LogP) is 5.05. The number of aromatic nitrogens is 5. The van der Waals surface area contributed by atoms with E-state index in [-0.39, 0.29) is 5.69 Å². The topological polar surface area (TPSA) is 85.7 Å². The molecule has 3 aromatic rings. The van der Waals surface area contributed by atoms with Crippen molar-refractivity contribution >= 4 is 11.6 Å². The first kappa shape index (κ1) is 23.9. The molecular weight excluding hydrogens is 475 g/mol. The maximum Gasteiger partial charge on any atom is 0.433 e. The van der Waals surface area contributed by atoms with Crippen molar-refractivity contribution in [3.05, 3.63) is 47.9 Å². The molecule has 0 bridgehead atoms. The van der Waals surface area contributed by atoms with Gasteiger partial charge in [0.2, 0.25) is 5.95 Å². The fourth-order valence-corrected chi connectivity index (χ4v) is 2.25. The van der Waals surface area contributed by atoms with E-state index in [1.165, 1.54) is 0 Å². The Bertz CT molecular complexity index is 1130. The molecule has 0 unspecified atom stereocenters. The smallest absolute Gasteiger partial charge is 0.433 e. The van der Waals surface area contributed by atoms with Crippen LogP contribution in [0.4, 0.5) is 51.1 Å². The Balaban J connectivity index is 2.02. The lowest BCUT2D eigenvalue weighted by molar-refractivity contribution is -0.154. The number of pyridine rings is 2. The third kappa shape index (κ3) is 6.63. The van der Waals surface area contributed by atoms with E-state index in [0.717, 1.165) is 24.4 Å². The van der Waals surface area contributed by atoms with Gasteiger partial charge in [-0.2, -0.15) is 54.5 Å². The number of alkyl halides is 9. The zero-order valence-corrected chi connectivity index (χ0v) is 15.7. The molecule has 1 N–H and O–H groups in total. The molecule has 0 fully saturated rings. The largest absolute Gasteiger partial charge is 0.454 e. The van der Waals surface area contributed by atoms with Gasteiger partial charge in [0.1, 0.15) is 17.1 Å². The van der Waals surface area contributed by atoms with Crippen LogP contribution in [0, 0.1) is 0 Å². The summed E-state index contributed by atoms with van der Waals surface area (Å²) < 4.78 is 119. The summed E-state index contributed by atoms with van der Waals surface area (Å²) in [5, 5.41) is 2.30. The minimum Gasteiger partial charge on any atom is -0.454 e. The van der Waals surface area contributed by atoms with Gasteiger partial charge >= 0.3 is 24.5 Å². The SMILES string of the molecule is FC(F)(F)COc1nc(Nc2ccnc(C(F)(F)F)c2)nc(-c2cccc(C(F)(F)F)n2)n1. The molecule has 0 aliphatic rings. The van der Waals surface area contributed by atoms with Crippen LogP contribution in [-0.4, -0.2) is 37.7 Å². The van der Waals surface area contributed by atoms with Crippen molar-refractivity contribution in [2.24, 2.45) is 0 Å². The first-order chi connectivity index (χ1) is 15.2. The number of hydrogen-bond acceptors (Lipinski definition) is 7. The zero-order valence-electron chi connectivity index (χ0n) is 15.7. The van der Waals surface area contributed by atoms with Gasteiger partial charge in [-0.05, 0) is 24.3 Å². The van der Waals surface area contributed by atoms with E-state index >= 15 is 0 Å². The Labute approximate surface area is 177 Å². The van der Waals surface area contributed by atoms with E-state index in [9.17, 15) is 39.5 Å². The fraction of sp³-hybridized carbons (Fsp3) is 0.235. The molecule has 0 amide bonds. The molecule has 176 valence electrons. The van der Waals surface area contributed by atoms with Gasteiger partial charge in [0.05, 0.1) is 0 Å². The molecule has 0 aliphatic carbocycles. The van der Waals surface area contributed by atoms with E-state index < -0.39 is 60.0 Å². The Hall–Kier alpha value is -3.72. The Morgan fingerprint density at radius 3 is 2.12 bits per heavy atom. The Kier molecular flexibility index (Phi) is 6.29. The van der Waals surface area contributed by atoms with Gasteiger partial charge in [-0.15, -0.1) is 0 Å². The van der Waals surface area contributed by atoms with Crippen molar-refractivity contribution in [1.29, 1.82) is 0 Å². The minimum absolute atomic E-state index is 0.270. The Morgan fingerprint density at radius 1 is 0.788 bits per heavy atom. The first-order valence-corrected chi connectivity index (χ1v) is 8.51.